The number of hydrogen-bond donors (Lipinski definition) is 0. The fraction of sp³-hybridized carbons (Fsp3) is 0.950. The molecule has 0 N–H and O–H groups in total. The van der Waals surface area contributed by atoms with Crippen molar-refractivity contribution < 1.29 is 28.1 Å². The van der Waals surface area contributed by atoms with E-state index in [2.05, 4.69) is 0 Å². The van der Waals surface area contributed by atoms with Crippen molar-refractivity contribution in [3.63, 3.8) is 0 Å². The molecule has 1 unspecified atom stereocenters. The van der Waals surface area contributed by atoms with E-state index in [9.17, 15) is 9.18 Å². The van der Waals surface area contributed by atoms with E-state index in [4.69, 9.17) is 18.9 Å². The third-order valence-corrected chi connectivity index (χ3v) is 6.40. The summed E-state index contributed by atoms with van der Waals surface area (Å²) in [5.74, 6) is -1.49. The normalized spacial score (nSPS) is 38.3. The second-order valence-electron chi connectivity index (χ2n) is 9.80. The molecule has 0 bridgehead atoms. The Bertz CT molecular complexity index is 598. The van der Waals surface area contributed by atoms with Gasteiger partial charge in [-0.25, -0.2) is 9.18 Å². The molecule has 7 heteroatoms. The van der Waals surface area contributed by atoms with Crippen molar-refractivity contribution in [2.75, 3.05) is 13.7 Å². The number of hydrogen-bond acceptors (Lipinski definition) is 5. The van der Waals surface area contributed by atoms with Crippen molar-refractivity contribution >= 4 is 6.09 Å². The molecule has 1 spiro atoms. The second-order valence-corrected chi connectivity index (χ2v) is 9.80. The molecular weight excluding hydrogens is 353 g/mol. The van der Waals surface area contributed by atoms with Crippen LogP contribution in [0.2, 0.25) is 0 Å². The molecule has 2 heterocycles. The van der Waals surface area contributed by atoms with Crippen LogP contribution in [-0.4, -0.2) is 65.6 Å². The van der Waals surface area contributed by atoms with Gasteiger partial charge in [-0.2, -0.15) is 0 Å². The van der Waals surface area contributed by atoms with Gasteiger partial charge in [0.25, 0.3) is 0 Å². The summed E-state index contributed by atoms with van der Waals surface area (Å²) in [4.78, 5) is 14.6. The molecule has 0 aromatic heterocycles. The average Bonchev–Trinajstić information content (AvgIpc) is 3.27. The van der Waals surface area contributed by atoms with Crippen LogP contribution >= 0.6 is 0 Å². The lowest BCUT2D eigenvalue weighted by Crippen LogP contribution is -2.73. The van der Waals surface area contributed by atoms with Crippen LogP contribution in [0.15, 0.2) is 0 Å². The van der Waals surface area contributed by atoms with Gasteiger partial charge in [0.05, 0.1) is 18.2 Å². The minimum absolute atomic E-state index is 0.325. The minimum atomic E-state index is -1.16. The average molecular weight is 387 g/mol. The van der Waals surface area contributed by atoms with E-state index >= 15 is 0 Å². The zero-order valence-electron chi connectivity index (χ0n) is 17.8. The lowest BCUT2D eigenvalue weighted by molar-refractivity contribution is -0.399. The highest BCUT2D eigenvalue weighted by Crippen LogP contribution is 2.57. The summed E-state index contributed by atoms with van der Waals surface area (Å²) < 4.78 is 38.8. The van der Waals surface area contributed by atoms with Crippen LogP contribution in [0, 0.1) is 5.92 Å². The molecule has 0 aromatic rings. The molecular formula is C20H34FNO5. The van der Waals surface area contributed by atoms with E-state index in [-0.39, 0.29) is 0 Å². The molecule has 0 radical (unpaired) electrons. The van der Waals surface area contributed by atoms with Crippen LogP contribution in [0.3, 0.4) is 0 Å². The molecule has 1 saturated carbocycles. The summed E-state index contributed by atoms with van der Waals surface area (Å²) in [5, 5.41) is 0. The predicted octanol–water partition coefficient (Wildman–Crippen LogP) is 3.67. The van der Waals surface area contributed by atoms with E-state index in [0.29, 0.717) is 6.54 Å². The summed E-state index contributed by atoms with van der Waals surface area (Å²) in [5.41, 5.74) is -1.93. The van der Waals surface area contributed by atoms with Crippen LogP contribution in [0.25, 0.3) is 0 Å². The Morgan fingerprint density at radius 1 is 1.22 bits per heavy atom. The molecule has 2 saturated heterocycles. The first-order chi connectivity index (χ1) is 12.3. The molecule has 3 rings (SSSR count). The first-order valence-electron chi connectivity index (χ1n) is 9.82. The number of likely N-dealkylation sites (tertiary alicyclic amines) is 1. The van der Waals surface area contributed by atoms with Crippen LogP contribution in [-0.2, 0) is 18.9 Å². The van der Waals surface area contributed by atoms with Gasteiger partial charge in [0.15, 0.2) is 5.79 Å². The van der Waals surface area contributed by atoms with Crippen LogP contribution < -0.4 is 0 Å². The predicted molar refractivity (Wildman–Crippen MR) is 98.2 cm³/mol. The SMILES string of the molecule is CO[C@@]1(C)O[C@@H]2[C@@H](C(C)F)C3(CC3)N(C(=O)OC(C)(C)C)C[C@H]2OC1(C)C. The van der Waals surface area contributed by atoms with Crippen LogP contribution in [0.4, 0.5) is 9.18 Å². The van der Waals surface area contributed by atoms with Crippen molar-refractivity contribution in [1.29, 1.82) is 0 Å². The third-order valence-electron chi connectivity index (χ3n) is 6.40. The van der Waals surface area contributed by atoms with Gasteiger partial charge in [-0.15, -0.1) is 0 Å². The number of nitrogens with zero attached hydrogens (tertiary/aromatic N) is 1. The number of amides is 1. The molecule has 27 heavy (non-hydrogen) atoms. The van der Waals surface area contributed by atoms with Crippen molar-refractivity contribution in [3.05, 3.63) is 0 Å². The molecule has 5 atom stereocenters. The Morgan fingerprint density at radius 3 is 2.26 bits per heavy atom. The number of alkyl halides is 1. The van der Waals surface area contributed by atoms with Crippen molar-refractivity contribution in [2.24, 2.45) is 5.92 Å². The summed E-state index contributed by atoms with van der Waals surface area (Å²) in [7, 11) is 1.57. The van der Waals surface area contributed by atoms with E-state index in [1.165, 1.54) is 6.92 Å². The summed E-state index contributed by atoms with van der Waals surface area (Å²) >= 11 is 0. The Hall–Kier alpha value is -0.920. The van der Waals surface area contributed by atoms with Gasteiger partial charge >= 0.3 is 6.09 Å². The Kier molecular flexibility index (Phi) is 4.85. The van der Waals surface area contributed by atoms with E-state index < -0.39 is 52.9 Å². The molecule has 2 aliphatic heterocycles. The maximum atomic E-state index is 14.9. The maximum Gasteiger partial charge on any atom is 0.410 e. The van der Waals surface area contributed by atoms with E-state index in [0.717, 1.165) is 12.8 Å². The Morgan fingerprint density at radius 2 is 1.81 bits per heavy atom. The van der Waals surface area contributed by atoms with Crippen LogP contribution in [0.5, 0.6) is 0 Å². The summed E-state index contributed by atoms with van der Waals surface area (Å²) in [6, 6.07) is 0. The van der Waals surface area contributed by atoms with Gasteiger partial charge in [-0.3, -0.25) is 4.90 Å². The summed E-state index contributed by atoms with van der Waals surface area (Å²) in [6.07, 6.45) is -1.01. The van der Waals surface area contributed by atoms with Gasteiger partial charge in [-0.05, 0) is 61.3 Å². The number of fused-ring (bicyclic) bond motifs is 1. The first kappa shape index (κ1) is 20.8. The van der Waals surface area contributed by atoms with Crippen molar-refractivity contribution in [3.8, 4) is 0 Å². The molecule has 3 fully saturated rings. The fourth-order valence-corrected chi connectivity index (χ4v) is 4.61. The molecule has 156 valence electrons. The summed E-state index contributed by atoms with van der Waals surface area (Å²) in [6.45, 7) is 13.0. The molecule has 1 aliphatic carbocycles. The number of piperidine rings is 1. The molecule has 6 nitrogen and oxygen atoms in total. The monoisotopic (exact) mass is 387 g/mol. The van der Waals surface area contributed by atoms with Gasteiger partial charge in [0.2, 0.25) is 0 Å². The van der Waals surface area contributed by atoms with Crippen LogP contribution in [0.1, 0.15) is 61.3 Å². The van der Waals surface area contributed by atoms with Gasteiger partial charge < -0.3 is 18.9 Å². The van der Waals surface area contributed by atoms with Gasteiger partial charge in [-0.1, -0.05) is 0 Å². The topological polar surface area (TPSA) is 57.2 Å². The van der Waals surface area contributed by atoms with Gasteiger partial charge in [0, 0.05) is 13.0 Å². The number of carbonyl (C=O) groups excluding carboxylic acids is 1. The quantitative estimate of drug-likeness (QED) is 0.724. The molecule has 1 amide bonds. The maximum absolute atomic E-state index is 14.9. The largest absolute Gasteiger partial charge is 0.444 e. The fourth-order valence-electron chi connectivity index (χ4n) is 4.61. The highest BCUT2D eigenvalue weighted by molar-refractivity contribution is 5.70. The lowest BCUT2D eigenvalue weighted by Gasteiger charge is -2.59. The van der Waals surface area contributed by atoms with Gasteiger partial charge in [0.1, 0.15) is 23.5 Å². The van der Waals surface area contributed by atoms with Crippen molar-refractivity contribution in [1.82, 2.24) is 4.90 Å². The Balaban J connectivity index is 1.95. The lowest BCUT2D eigenvalue weighted by atomic mass is 9.78. The second kappa shape index (κ2) is 6.29. The van der Waals surface area contributed by atoms with E-state index in [1.54, 1.807) is 12.0 Å². The zero-order chi connectivity index (χ0) is 20.4. The third kappa shape index (κ3) is 3.36. The number of methoxy groups -OCH3 is 1. The van der Waals surface area contributed by atoms with E-state index in [1.807, 2.05) is 41.5 Å². The van der Waals surface area contributed by atoms with Crippen molar-refractivity contribution in [2.45, 2.75) is 102 Å². The number of carbonyl (C=O) groups is 1. The highest BCUT2D eigenvalue weighted by Gasteiger charge is 2.68. The standard InChI is InChI=1S/C20H34FNO5/c1-12(21)14-15-13(25-18(5,6)19(7,24-8)26-15)11-22(20(14)9-10-20)16(23)27-17(2,3)4/h12-15H,9-11H2,1-8H3/t12?,13-,14-,15+,19+/m1/s1. The Labute approximate surface area is 161 Å². The number of halogens is 1. The highest BCUT2D eigenvalue weighted by atomic mass is 19.1. The molecule has 0 aromatic carbocycles. The minimum Gasteiger partial charge on any atom is -0.444 e. The molecule has 3 aliphatic rings. The number of rotatable bonds is 2. The zero-order valence-corrected chi connectivity index (χ0v) is 17.8. The number of ether oxygens (including phenoxy) is 4. The smallest absolute Gasteiger partial charge is 0.410 e. The first-order valence-corrected chi connectivity index (χ1v) is 9.82.